The van der Waals surface area contributed by atoms with E-state index in [4.69, 9.17) is 14.2 Å². The zero-order chi connectivity index (χ0) is 19.8. The van der Waals surface area contributed by atoms with Crippen LogP contribution in [0.1, 0.15) is 58.8 Å². The lowest BCUT2D eigenvalue weighted by Gasteiger charge is -2.58. The van der Waals surface area contributed by atoms with Crippen LogP contribution < -0.4 is 0 Å². The van der Waals surface area contributed by atoms with Crippen molar-refractivity contribution in [1.29, 1.82) is 0 Å². The fourth-order valence-electron chi connectivity index (χ4n) is 6.38. The second kappa shape index (κ2) is 7.84. The molecule has 3 aliphatic rings. The van der Waals surface area contributed by atoms with Crippen molar-refractivity contribution < 1.29 is 24.1 Å². The molecule has 0 aromatic rings. The first-order valence-corrected chi connectivity index (χ1v) is 10.3. The topological polar surface area (TPSA) is 65.0 Å². The lowest BCUT2D eigenvalue weighted by atomic mass is 9.47. The summed E-state index contributed by atoms with van der Waals surface area (Å²) in [6.45, 7) is 4.44. The second-order valence-electron chi connectivity index (χ2n) is 9.24. The van der Waals surface area contributed by atoms with Crippen LogP contribution in [0.4, 0.5) is 0 Å². The molecule has 0 heterocycles. The summed E-state index contributed by atoms with van der Waals surface area (Å²) < 4.78 is 16.3. The van der Waals surface area contributed by atoms with E-state index in [2.05, 4.69) is 19.9 Å². The van der Waals surface area contributed by atoms with Gasteiger partial charge >= 0.3 is 5.97 Å². The van der Waals surface area contributed by atoms with Crippen molar-refractivity contribution in [3.63, 3.8) is 0 Å². The maximum Gasteiger partial charge on any atom is 0.311 e. The van der Waals surface area contributed by atoms with Crippen molar-refractivity contribution in [1.82, 2.24) is 0 Å². The second-order valence-corrected chi connectivity index (χ2v) is 9.24. The first kappa shape index (κ1) is 20.8. The van der Waals surface area contributed by atoms with E-state index in [0.29, 0.717) is 18.3 Å². The van der Waals surface area contributed by atoms with Gasteiger partial charge in [0, 0.05) is 20.6 Å². The number of allylic oxidation sites excluding steroid dienone is 1. The molecule has 0 aromatic heterocycles. The van der Waals surface area contributed by atoms with Crippen LogP contribution in [0.15, 0.2) is 11.6 Å². The van der Waals surface area contributed by atoms with Crippen LogP contribution in [0.25, 0.3) is 0 Å². The van der Waals surface area contributed by atoms with Crippen LogP contribution in [-0.4, -0.2) is 44.8 Å². The number of methoxy groups -OCH3 is 3. The number of rotatable bonds is 5. The fourth-order valence-corrected chi connectivity index (χ4v) is 6.38. The first-order chi connectivity index (χ1) is 12.8. The Hall–Kier alpha value is -0.910. The van der Waals surface area contributed by atoms with Gasteiger partial charge in [-0.2, -0.15) is 0 Å². The zero-order valence-electron chi connectivity index (χ0n) is 17.5. The molecule has 27 heavy (non-hydrogen) atoms. The van der Waals surface area contributed by atoms with Crippen molar-refractivity contribution in [2.24, 2.45) is 28.6 Å². The number of hydrogen-bond donors (Lipinski definition) is 1. The number of carbonyl (C=O) groups is 1. The van der Waals surface area contributed by atoms with E-state index >= 15 is 0 Å². The molecule has 3 aliphatic carbocycles. The quantitative estimate of drug-likeness (QED) is 0.448. The van der Waals surface area contributed by atoms with Crippen LogP contribution in [0.3, 0.4) is 0 Å². The van der Waals surface area contributed by atoms with Gasteiger partial charge in [0.15, 0.2) is 6.29 Å². The maximum atomic E-state index is 12.8. The number of aliphatic hydroxyl groups excluding tert-OH is 1. The molecule has 0 saturated heterocycles. The maximum absolute atomic E-state index is 12.8. The van der Waals surface area contributed by atoms with Crippen molar-refractivity contribution in [3.8, 4) is 0 Å². The molecule has 0 radical (unpaired) electrons. The summed E-state index contributed by atoms with van der Waals surface area (Å²) in [4.78, 5) is 12.8. The highest BCUT2D eigenvalue weighted by Crippen LogP contribution is 2.62. The molecule has 5 heteroatoms. The Kier molecular flexibility index (Phi) is 6.05. The molecule has 0 aromatic carbocycles. The van der Waals surface area contributed by atoms with Crippen LogP contribution in [0.5, 0.6) is 0 Å². The van der Waals surface area contributed by atoms with Gasteiger partial charge in [-0.1, -0.05) is 18.6 Å². The summed E-state index contributed by atoms with van der Waals surface area (Å²) in [5.74, 6) is 0.965. The van der Waals surface area contributed by atoms with E-state index in [0.717, 1.165) is 38.5 Å². The Labute approximate surface area is 163 Å². The fraction of sp³-hybridized carbons (Fsp3) is 0.864. The molecule has 0 bridgehead atoms. The third-order valence-electron chi connectivity index (χ3n) is 8.09. The van der Waals surface area contributed by atoms with Gasteiger partial charge in [0.25, 0.3) is 0 Å². The van der Waals surface area contributed by atoms with Crippen molar-refractivity contribution in [2.45, 2.75) is 71.2 Å². The predicted molar refractivity (Wildman–Crippen MR) is 103 cm³/mol. The number of carbonyl (C=O) groups excluding carboxylic acids is 1. The average Bonchev–Trinajstić information content (AvgIpc) is 2.67. The minimum absolute atomic E-state index is 0.115. The van der Waals surface area contributed by atoms with Gasteiger partial charge in [0.1, 0.15) is 0 Å². The molecule has 0 aliphatic heterocycles. The minimum atomic E-state index is -0.513. The number of aliphatic hydroxyl groups is 1. The molecular weight excluding hydrogens is 344 g/mol. The molecular formula is C22H36O5. The highest BCUT2D eigenvalue weighted by molar-refractivity contribution is 5.77. The molecule has 5 nitrogen and oxygen atoms in total. The van der Waals surface area contributed by atoms with E-state index < -0.39 is 5.41 Å². The molecule has 2 saturated carbocycles. The van der Waals surface area contributed by atoms with Crippen molar-refractivity contribution in [2.75, 3.05) is 21.3 Å². The van der Waals surface area contributed by atoms with Gasteiger partial charge in [-0.05, 0) is 68.6 Å². The lowest BCUT2D eigenvalue weighted by Crippen LogP contribution is -2.54. The van der Waals surface area contributed by atoms with Gasteiger partial charge in [-0.3, -0.25) is 4.79 Å². The SMILES string of the molecule is COC(=O)C1(C)CCC2C(CC=C3CC(O)CCC32C)C1CC(OC)OC. The zero-order valence-corrected chi connectivity index (χ0v) is 17.5. The first-order valence-electron chi connectivity index (χ1n) is 10.3. The Morgan fingerprint density at radius 3 is 2.56 bits per heavy atom. The molecule has 2 fully saturated rings. The van der Waals surface area contributed by atoms with E-state index in [1.807, 2.05) is 0 Å². The standard InChI is InChI=1S/C22H36O5/c1-21-10-8-15(23)12-14(21)6-7-16-17(21)9-11-22(2,20(24)27-5)18(16)13-19(25-3)26-4/h6,15-19,23H,7-13H2,1-5H3. The van der Waals surface area contributed by atoms with Crippen LogP contribution >= 0.6 is 0 Å². The number of fused-ring (bicyclic) bond motifs is 3. The third-order valence-corrected chi connectivity index (χ3v) is 8.09. The summed E-state index contributed by atoms with van der Waals surface area (Å²) in [6, 6.07) is 0. The molecule has 0 spiro atoms. The predicted octanol–water partition coefficient (Wildman–Crippen LogP) is 3.70. The van der Waals surface area contributed by atoms with Crippen LogP contribution in [-0.2, 0) is 19.0 Å². The highest BCUT2D eigenvalue weighted by atomic mass is 16.7. The van der Waals surface area contributed by atoms with E-state index in [1.165, 1.54) is 12.7 Å². The van der Waals surface area contributed by atoms with Gasteiger partial charge in [-0.25, -0.2) is 0 Å². The summed E-state index contributed by atoms with van der Waals surface area (Å²) >= 11 is 0. The monoisotopic (exact) mass is 380 g/mol. The molecule has 6 atom stereocenters. The number of ether oxygens (including phenoxy) is 3. The largest absolute Gasteiger partial charge is 0.469 e. The van der Waals surface area contributed by atoms with E-state index in [-0.39, 0.29) is 29.7 Å². The summed E-state index contributed by atoms with van der Waals surface area (Å²) in [5.41, 5.74) is 1.05. The van der Waals surface area contributed by atoms with Crippen LogP contribution in [0.2, 0.25) is 0 Å². The molecule has 6 unspecified atom stereocenters. The Bertz CT molecular complexity index is 583. The smallest absolute Gasteiger partial charge is 0.311 e. The molecule has 0 amide bonds. The summed E-state index contributed by atoms with van der Waals surface area (Å²) in [6.07, 6.45) is 8.05. The summed E-state index contributed by atoms with van der Waals surface area (Å²) in [5, 5.41) is 10.1. The Morgan fingerprint density at radius 1 is 1.22 bits per heavy atom. The van der Waals surface area contributed by atoms with Crippen molar-refractivity contribution >= 4 is 5.97 Å². The Balaban J connectivity index is 1.96. The molecule has 3 rings (SSSR count). The number of esters is 1. The Morgan fingerprint density at radius 2 is 1.93 bits per heavy atom. The normalized spacial score (nSPS) is 41.5. The molecule has 1 N–H and O–H groups in total. The van der Waals surface area contributed by atoms with E-state index in [1.54, 1.807) is 14.2 Å². The highest BCUT2D eigenvalue weighted by Gasteiger charge is 2.57. The molecule has 154 valence electrons. The van der Waals surface area contributed by atoms with Gasteiger partial charge < -0.3 is 19.3 Å². The van der Waals surface area contributed by atoms with Gasteiger partial charge in [-0.15, -0.1) is 0 Å². The lowest BCUT2D eigenvalue weighted by molar-refractivity contribution is -0.175. The third kappa shape index (κ3) is 3.47. The number of hydrogen-bond acceptors (Lipinski definition) is 5. The average molecular weight is 381 g/mol. The van der Waals surface area contributed by atoms with Gasteiger partial charge in [0.2, 0.25) is 0 Å². The van der Waals surface area contributed by atoms with Crippen molar-refractivity contribution in [3.05, 3.63) is 11.6 Å². The van der Waals surface area contributed by atoms with E-state index in [9.17, 15) is 9.90 Å². The minimum Gasteiger partial charge on any atom is -0.469 e. The van der Waals surface area contributed by atoms with Gasteiger partial charge in [0.05, 0.1) is 18.6 Å². The summed E-state index contributed by atoms with van der Waals surface area (Å²) in [7, 11) is 4.81. The van der Waals surface area contributed by atoms with Crippen LogP contribution in [0, 0.1) is 28.6 Å².